The molecule has 2 aromatic carbocycles. The van der Waals surface area contributed by atoms with E-state index in [1.165, 1.54) is 9.80 Å². The lowest BCUT2D eigenvalue weighted by Gasteiger charge is -2.39. The van der Waals surface area contributed by atoms with E-state index in [1.54, 1.807) is 30.3 Å². The highest BCUT2D eigenvalue weighted by atomic mass is 79.9. The first kappa shape index (κ1) is 26.9. The molecule has 1 unspecified atom stereocenters. The highest BCUT2D eigenvalue weighted by molar-refractivity contribution is 9.09. The molecule has 0 aliphatic carbocycles. The molecule has 0 radical (unpaired) electrons. The van der Waals surface area contributed by atoms with Gasteiger partial charge in [0.1, 0.15) is 11.6 Å². The van der Waals surface area contributed by atoms with E-state index in [2.05, 4.69) is 22.5 Å². The van der Waals surface area contributed by atoms with Crippen LogP contribution in [0.4, 0.5) is 5.69 Å². The number of benzene rings is 2. The van der Waals surface area contributed by atoms with Gasteiger partial charge < -0.3 is 24.7 Å². The number of carboxylic acid groups (broad SMARTS) is 1. The number of carboxylic acids is 1. The summed E-state index contributed by atoms with van der Waals surface area (Å²) in [6, 6.07) is 14.3. The zero-order valence-corrected chi connectivity index (χ0v) is 22.8. The Labute approximate surface area is 233 Å². The molecule has 2 bridgehead atoms. The van der Waals surface area contributed by atoms with Gasteiger partial charge in [0.25, 0.3) is 5.91 Å². The van der Waals surface area contributed by atoms with Crippen LogP contribution in [-0.4, -0.2) is 74.7 Å². The van der Waals surface area contributed by atoms with E-state index in [9.17, 15) is 24.6 Å². The monoisotopic (exact) mass is 602 g/mol. The van der Waals surface area contributed by atoms with Gasteiger partial charge in [-0.1, -0.05) is 76.1 Å². The fourth-order valence-corrected chi connectivity index (χ4v) is 7.59. The van der Waals surface area contributed by atoms with Crippen molar-refractivity contribution in [2.24, 2.45) is 11.8 Å². The van der Waals surface area contributed by atoms with Crippen LogP contribution in [0.2, 0.25) is 5.02 Å². The van der Waals surface area contributed by atoms with Crippen LogP contribution in [0.3, 0.4) is 0 Å². The maximum absolute atomic E-state index is 14.5. The maximum atomic E-state index is 14.5. The number of aliphatic carboxylic acids is 1. The second-order valence-corrected chi connectivity index (χ2v) is 11.5. The predicted molar refractivity (Wildman–Crippen MR) is 145 cm³/mol. The molecule has 3 aliphatic rings. The summed E-state index contributed by atoms with van der Waals surface area (Å²) in [6.45, 7) is 3.48. The molecule has 2 aromatic rings. The number of ether oxygens (including phenoxy) is 1. The summed E-state index contributed by atoms with van der Waals surface area (Å²) >= 11 is 10.0. The Balaban J connectivity index is 1.64. The first-order chi connectivity index (χ1) is 18.2. The van der Waals surface area contributed by atoms with Gasteiger partial charge in [-0.25, -0.2) is 0 Å². The quantitative estimate of drug-likeness (QED) is 0.337. The number of rotatable bonds is 9. The molecule has 3 aliphatic heterocycles. The van der Waals surface area contributed by atoms with Gasteiger partial charge in [0.15, 0.2) is 0 Å². The molecule has 0 saturated carbocycles. The SMILES string of the molecule is C=CCN(C(=O)[C@@H]1N([C@@H](CO)Cc2ccccc2)C(=O)[C@H]2[C@H](C(=O)O)[C@H]3O[C@@]12CC3Br)c1ccccc1Cl. The van der Waals surface area contributed by atoms with Gasteiger partial charge >= 0.3 is 5.97 Å². The summed E-state index contributed by atoms with van der Waals surface area (Å²) in [5.41, 5.74) is -0.0684. The molecule has 0 aromatic heterocycles. The van der Waals surface area contributed by atoms with Crippen molar-refractivity contribution in [3.8, 4) is 0 Å². The van der Waals surface area contributed by atoms with Crippen LogP contribution >= 0.6 is 27.5 Å². The van der Waals surface area contributed by atoms with E-state index in [-0.39, 0.29) is 24.2 Å². The summed E-state index contributed by atoms with van der Waals surface area (Å²) in [5, 5.41) is 21.0. The van der Waals surface area contributed by atoms with E-state index >= 15 is 0 Å². The molecule has 3 saturated heterocycles. The van der Waals surface area contributed by atoms with E-state index in [0.29, 0.717) is 10.7 Å². The number of para-hydroxylation sites is 1. The average Bonchev–Trinajstić information content (AvgIpc) is 3.50. The second kappa shape index (κ2) is 10.4. The Morgan fingerprint density at radius 3 is 2.55 bits per heavy atom. The number of amides is 2. The molecule has 7 atom stereocenters. The number of hydrogen-bond acceptors (Lipinski definition) is 5. The third-order valence-corrected chi connectivity index (χ3v) is 9.05. The molecule has 8 nitrogen and oxygen atoms in total. The molecule has 38 heavy (non-hydrogen) atoms. The summed E-state index contributed by atoms with van der Waals surface area (Å²) in [6.07, 6.45) is 1.36. The topological polar surface area (TPSA) is 107 Å². The number of carbonyl (C=O) groups excluding carboxylic acids is 2. The van der Waals surface area contributed by atoms with Crippen molar-refractivity contribution < 1.29 is 29.3 Å². The van der Waals surface area contributed by atoms with Crippen molar-refractivity contribution in [3.63, 3.8) is 0 Å². The maximum Gasteiger partial charge on any atom is 0.310 e. The Bertz CT molecular complexity index is 1260. The molecule has 1 spiro atoms. The lowest BCUT2D eigenvalue weighted by Crippen LogP contribution is -2.59. The van der Waals surface area contributed by atoms with Crippen LogP contribution in [-0.2, 0) is 25.5 Å². The summed E-state index contributed by atoms with van der Waals surface area (Å²) in [4.78, 5) is 43.5. The van der Waals surface area contributed by atoms with Gasteiger partial charge in [-0.2, -0.15) is 0 Å². The number of anilines is 1. The van der Waals surface area contributed by atoms with Crippen molar-refractivity contribution in [3.05, 3.63) is 77.8 Å². The number of alkyl halides is 1. The summed E-state index contributed by atoms with van der Waals surface area (Å²) in [5.74, 6) is -4.29. The molecule has 5 rings (SSSR count). The highest BCUT2D eigenvalue weighted by Crippen LogP contribution is 2.60. The van der Waals surface area contributed by atoms with E-state index in [0.717, 1.165) is 5.56 Å². The number of likely N-dealkylation sites (tertiary alicyclic amines) is 1. The van der Waals surface area contributed by atoms with Crippen LogP contribution in [0, 0.1) is 11.8 Å². The first-order valence-electron chi connectivity index (χ1n) is 12.4. The van der Waals surface area contributed by atoms with Gasteiger partial charge in [0.2, 0.25) is 5.91 Å². The van der Waals surface area contributed by atoms with Crippen LogP contribution in [0.15, 0.2) is 67.3 Å². The number of aliphatic hydroxyl groups excluding tert-OH is 1. The van der Waals surface area contributed by atoms with Crippen LogP contribution in [0.1, 0.15) is 12.0 Å². The van der Waals surface area contributed by atoms with Gasteiger partial charge in [0.05, 0.1) is 41.3 Å². The highest BCUT2D eigenvalue weighted by Gasteiger charge is 2.77. The van der Waals surface area contributed by atoms with Gasteiger partial charge in [-0.05, 0) is 30.5 Å². The van der Waals surface area contributed by atoms with Crippen molar-refractivity contribution in [2.45, 2.75) is 41.5 Å². The minimum absolute atomic E-state index is 0.105. The van der Waals surface area contributed by atoms with Crippen molar-refractivity contribution in [2.75, 3.05) is 18.1 Å². The molecule has 3 heterocycles. The largest absolute Gasteiger partial charge is 0.481 e. The number of halogens is 2. The third-order valence-electron chi connectivity index (χ3n) is 7.89. The fourth-order valence-electron chi connectivity index (χ4n) is 6.41. The molecular weight excluding hydrogens is 576 g/mol. The van der Waals surface area contributed by atoms with Crippen LogP contribution in [0.25, 0.3) is 0 Å². The Kier molecular flexibility index (Phi) is 7.39. The zero-order valence-electron chi connectivity index (χ0n) is 20.5. The van der Waals surface area contributed by atoms with E-state index < -0.39 is 60.0 Å². The van der Waals surface area contributed by atoms with Gasteiger partial charge in [-0.3, -0.25) is 14.4 Å². The Morgan fingerprint density at radius 1 is 1.24 bits per heavy atom. The van der Waals surface area contributed by atoms with Crippen LogP contribution in [0.5, 0.6) is 0 Å². The number of carbonyl (C=O) groups is 3. The predicted octanol–water partition coefficient (Wildman–Crippen LogP) is 3.30. The van der Waals surface area contributed by atoms with Crippen molar-refractivity contribution in [1.29, 1.82) is 0 Å². The standard InChI is InChI=1S/C28H28BrClN2O6/c1-2-12-31(20-11-7-6-10-19(20)30)26(35)24-28-14-18(29)23(38-28)21(27(36)37)22(28)25(34)32(24)17(15-33)13-16-8-4-3-5-9-16/h2-11,17-18,21-24,33H,1,12-15H2,(H,36,37)/t17-,18?,21+,22-,23+,24+,28-/m1/s1. The van der Waals surface area contributed by atoms with Gasteiger partial charge in [-0.15, -0.1) is 6.58 Å². The smallest absolute Gasteiger partial charge is 0.310 e. The lowest BCUT2D eigenvalue weighted by atomic mass is 9.70. The molecule has 10 heteroatoms. The first-order valence-corrected chi connectivity index (χ1v) is 13.7. The number of nitrogens with zero attached hydrogens (tertiary/aromatic N) is 2. The van der Waals surface area contributed by atoms with Crippen molar-refractivity contribution in [1.82, 2.24) is 4.90 Å². The van der Waals surface area contributed by atoms with Crippen molar-refractivity contribution >= 4 is 51.0 Å². The number of hydrogen-bond donors (Lipinski definition) is 2. The average molecular weight is 604 g/mol. The molecule has 2 N–H and O–H groups in total. The minimum Gasteiger partial charge on any atom is -0.481 e. The number of fused-ring (bicyclic) bond motifs is 1. The summed E-state index contributed by atoms with van der Waals surface area (Å²) < 4.78 is 6.37. The Hall–Kier alpha value is -2.72. The van der Waals surface area contributed by atoms with E-state index in [1.807, 2.05) is 30.3 Å². The molecule has 2 amide bonds. The molecule has 200 valence electrons. The zero-order chi connectivity index (χ0) is 27.2. The fraction of sp³-hybridized carbons (Fsp3) is 0.393. The Morgan fingerprint density at radius 2 is 1.92 bits per heavy atom. The van der Waals surface area contributed by atoms with E-state index in [4.69, 9.17) is 16.3 Å². The minimum atomic E-state index is -1.37. The third kappa shape index (κ3) is 4.16. The second-order valence-electron chi connectivity index (χ2n) is 9.96. The molecular formula is C28H28BrClN2O6. The molecule has 3 fully saturated rings. The summed E-state index contributed by atoms with van der Waals surface area (Å²) in [7, 11) is 0. The van der Waals surface area contributed by atoms with Gasteiger partial charge in [0, 0.05) is 11.4 Å². The normalized spacial score (nSPS) is 30.2. The number of aliphatic hydroxyl groups is 1. The van der Waals surface area contributed by atoms with Crippen LogP contribution < -0.4 is 4.90 Å². The lowest BCUT2D eigenvalue weighted by molar-refractivity contribution is -0.150.